The number of Topliss-reactive ketones (excluding diaryl/α,β-unsaturated/α-hetero) is 1. The van der Waals surface area contributed by atoms with E-state index in [1.807, 2.05) is 0 Å². The minimum absolute atomic E-state index is 0.287. The molecule has 1 fully saturated rings. The van der Waals surface area contributed by atoms with E-state index in [4.69, 9.17) is 0 Å². The molecule has 16 heavy (non-hydrogen) atoms. The van der Waals surface area contributed by atoms with Crippen LogP contribution in [0, 0.1) is 10.1 Å². The van der Waals surface area contributed by atoms with E-state index in [2.05, 4.69) is 0 Å². The second-order valence-corrected chi connectivity index (χ2v) is 3.27. The van der Waals surface area contributed by atoms with Gasteiger partial charge in [-0.25, -0.2) is 0 Å². The number of amides is 1. The predicted molar refractivity (Wildman–Crippen MR) is 43.0 cm³/mol. The summed E-state index contributed by atoms with van der Waals surface area (Å²) in [6.07, 6.45) is -5.49. The molecule has 1 unspecified atom stereocenters. The smallest absolute Gasteiger partial charge is 0.327 e. The number of alkyl halides is 3. The lowest BCUT2D eigenvalue weighted by Crippen LogP contribution is -2.53. The molecule has 0 aromatic rings. The minimum Gasteiger partial charge on any atom is -0.327 e. The predicted octanol–water partition coefficient (Wildman–Crippen LogP) is -0.00460. The van der Waals surface area contributed by atoms with Gasteiger partial charge >= 0.3 is 12.1 Å². The van der Waals surface area contributed by atoms with E-state index in [-0.39, 0.29) is 4.90 Å². The van der Waals surface area contributed by atoms with Gasteiger partial charge in [0.25, 0.3) is 6.04 Å². The average Bonchev–Trinajstić information content (AvgIpc) is 2.15. The highest BCUT2D eigenvalue weighted by Gasteiger charge is 2.47. The third kappa shape index (κ3) is 2.47. The standard InChI is InChI=1S/C7H7F3N2O4/c8-7(9,10)6(14)11-2-1-5(13)4(3-11)12(15)16/h4H,1-3H2. The molecule has 0 spiro atoms. The van der Waals surface area contributed by atoms with Crippen molar-refractivity contribution in [3.8, 4) is 0 Å². The Hall–Kier alpha value is -1.67. The van der Waals surface area contributed by atoms with Crippen molar-refractivity contribution >= 4 is 11.7 Å². The van der Waals surface area contributed by atoms with Gasteiger partial charge in [-0.05, 0) is 0 Å². The highest BCUT2D eigenvalue weighted by atomic mass is 19.4. The number of hydrogen-bond donors (Lipinski definition) is 0. The van der Waals surface area contributed by atoms with Crippen LogP contribution in [0.3, 0.4) is 0 Å². The molecule has 1 rings (SSSR count). The molecule has 0 saturated carbocycles. The molecule has 0 aliphatic carbocycles. The first-order valence-electron chi connectivity index (χ1n) is 4.26. The van der Waals surface area contributed by atoms with E-state index < -0.39 is 48.3 Å². The van der Waals surface area contributed by atoms with E-state index in [0.29, 0.717) is 0 Å². The van der Waals surface area contributed by atoms with Gasteiger partial charge in [0, 0.05) is 17.9 Å². The zero-order chi connectivity index (χ0) is 12.5. The van der Waals surface area contributed by atoms with Crippen LogP contribution in [0.1, 0.15) is 6.42 Å². The summed E-state index contributed by atoms with van der Waals surface area (Å²) in [4.78, 5) is 31.4. The summed E-state index contributed by atoms with van der Waals surface area (Å²) in [6.45, 7) is -1.24. The van der Waals surface area contributed by atoms with E-state index in [1.165, 1.54) is 0 Å². The van der Waals surface area contributed by atoms with Gasteiger partial charge in [0.2, 0.25) is 5.78 Å². The molecule has 9 heteroatoms. The molecular weight excluding hydrogens is 233 g/mol. The van der Waals surface area contributed by atoms with E-state index in [0.717, 1.165) is 0 Å². The number of nitrogens with zero attached hydrogens (tertiary/aromatic N) is 2. The normalized spacial score (nSPS) is 22.1. The van der Waals surface area contributed by atoms with Crippen LogP contribution in [0.25, 0.3) is 0 Å². The summed E-state index contributed by atoms with van der Waals surface area (Å²) in [6, 6.07) is -1.75. The van der Waals surface area contributed by atoms with E-state index in [9.17, 15) is 32.9 Å². The highest BCUT2D eigenvalue weighted by Crippen LogP contribution is 2.21. The average molecular weight is 240 g/mol. The highest BCUT2D eigenvalue weighted by molar-refractivity contribution is 5.88. The second-order valence-electron chi connectivity index (χ2n) is 3.27. The number of likely N-dealkylation sites (tertiary alicyclic amines) is 1. The maximum Gasteiger partial charge on any atom is 0.471 e. The Morgan fingerprint density at radius 2 is 2.06 bits per heavy atom. The lowest BCUT2D eigenvalue weighted by molar-refractivity contribution is -0.508. The Kier molecular flexibility index (Phi) is 3.15. The van der Waals surface area contributed by atoms with Crippen molar-refractivity contribution in [3.05, 3.63) is 10.1 Å². The Morgan fingerprint density at radius 3 is 2.50 bits per heavy atom. The molecule has 1 saturated heterocycles. The van der Waals surface area contributed by atoms with Gasteiger partial charge in [0.05, 0.1) is 6.54 Å². The molecule has 6 nitrogen and oxygen atoms in total. The quantitative estimate of drug-likeness (QED) is 0.477. The fourth-order valence-corrected chi connectivity index (χ4v) is 1.36. The van der Waals surface area contributed by atoms with Crippen LogP contribution < -0.4 is 0 Å². The van der Waals surface area contributed by atoms with Gasteiger partial charge < -0.3 is 4.90 Å². The Balaban J connectivity index is 2.77. The van der Waals surface area contributed by atoms with Crippen molar-refractivity contribution in [2.45, 2.75) is 18.6 Å². The lowest BCUT2D eigenvalue weighted by atomic mass is 10.0. The SMILES string of the molecule is O=C1CCN(C(=O)C(F)(F)F)CC1[N+](=O)[O-]. The molecule has 1 atom stereocenters. The number of halogens is 3. The van der Waals surface area contributed by atoms with E-state index >= 15 is 0 Å². The fourth-order valence-electron chi connectivity index (χ4n) is 1.36. The van der Waals surface area contributed by atoms with Crippen LogP contribution in [0.15, 0.2) is 0 Å². The number of ketones is 1. The van der Waals surface area contributed by atoms with Crippen LogP contribution in [0.4, 0.5) is 13.2 Å². The summed E-state index contributed by atoms with van der Waals surface area (Å²) >= 11 is 0. The van der Waals surface area contributed by atoms with Crippen LogP contribution >= 0.6 is 0 Å². The second kappa shape index (κ2) is 4.06. The Labute approximate surface area is 87.2 Å². The number of rotatable bonds is 1. The molecule has 0 aromatic carbocycles. The van der Waals surface area contributed by atoms with Crippen molar-refractivity contribution in [1.82, 2.24) is 4.90 Å². The van der Waals surface area contributed by atoms with Gasteiger partial charge in [-0.3, -0.25) is 19.7 Å². The number of hydrogen-bond acceptors (Lipinski definition) is 4. The van der Waals surface area contributed by atoms with Crippen molar-refractivity contribution in [2.24, 2.45) is 0 Å². The molecule has 1 aliphatic heterocycles. The number of nitro groups is 1. The molecule has 0 bridgehead atoms. The molecule has 0 radical (unpaired) electrons. The monoisotopic (exact) mass is 240 g/mol. The third-order valence-electron chi connectivity index (χ3n) is 2.18. The molecule has 0 aromatic heterocycles. The van der Waals surface area contributed by atoms with Crippen molar-refractivity contribution in [1.29, 1.82) is 0 Å². The van der Waals surface area contributed by atoms with E-state index in [1.54, 1.807) is 0 Å². The van der Waals surface area contributed by atoms with Crippen LogP contribution in [0.5, 0.6) is 0 Å². The maximum absolute atomic E-state index is 12.0. The largest absolute Gasteiger partial charge is 0.471 e. The molecule has 1 heterocycles. The third-order valence-corrected chi connectivity index (χ3v) is 2.18. The molecule has 1 amide bonds. The van der Waals surface area contributed by atoms with Crippen molar-refractivity contribution in [3.63, 3.8) is 0 Å². The van der Waals surface area contributed by atoms with Gasteiger partial charge in [0.15, 0.2) is 0 Å². The summed E-state index contributed by atoms with van der Waals surface area (Å²) in [5.74, 6) is -2.90. The van der Waals surface area contributed by atoms with Crippen LogP contribution in [-0.4, -0.2) is 46.8 Å². The minimum atomic E-state index is -5.07. The van der Waals surface area contributed by atoms with Crippen LogP contribution in [0.2, 0.25) is 0 Å². The Morgan fingerprint density at radius 1 is 1.50 bits per heavy atom. The topological polar surface area (TPSA) is 80.5 Å². The lowest BCUT2D eigenvalue weighted by Gasteiger charge is -2.28. The van der Waals surface area contributed by atoms with Crippen molar-refractivity contribution in [2.75, 3.05) is 13.1 Å². The Bertz CT molecular complexity index is 341. The van der Waals surface area contributed by atoms with Gasteiger partial charge in [-0.15, -0.1) is 0 Å². The number of carbonyl (C=O) groups is 2. The van der Waals surface area contributed by atoms with Gasteiger partial charge in [-0.1, -0.05) is 0 Å². The van der Waals surface area contributed by atoms with Gasteiger partial charge in [-0.2, -0.15) is 13.2 Å². The number of carbonyl (C=O) groups excluding carboxylic acids is 2. The molecule has 0 N–H and O–H groups in total. The summed E-state index contributed by atoms with van der Waals surface area (Å²) < 4.78 is 36.0. The first-order valence-corrected chi connectivity index (χ1v) is 4.26. The van der Waals surface area contributed by atoms with Crippen LogP contribution in [-0.2, 0) is 9.59 Å². The fraction of sp³-hybridized carbons (Fsp3) is 0.714. The first-order chi connectivity index (χ1) is 7.23. The summed E-state index contributed by atoms with van der Waals surface area (Å²) in [5, 5.41) is 10.3. The zero-order valence-corrected chi connectivity index (χ0v) is 7.86. The van der Waals surface area contributed by atoms with Gasteiger partial charge in [0.1, 0.15) is 0 Å². The summed E-state index contributed by atoms with van der Waals surface area (Å²) in [7, 11) is 0. The molecule has 1 aliphatic rings. The van der Waals surface area contributed by atoms with Crippen molar-refractivity contribution < 1.29 is 27.7 Å². The number of piperidine rings is 1. The molecular formula is C7H7F3N2O4. The summed E-state index contributed by atoms with van der Waals surface area (Å²) in [5.41, 5.74) is 0. The zero-order valence-electron chi connectivity index (χ0n) is 7.86. The maximum atomic E-state index is 12.0. The molecule has 90 valence electrons. The first kappa shape index (κ1) is 12.4.